The maximum atomic E-state index is 12.9. The predicted molar refractivity (Wildman–Crippen MR) is 78.6 cm³/mol. The second-order valence-corrected chi connectivity index (χ2v) is 5.82. The van der Waals surface area contributed by atoms with E-state index in [2.05, 4.69) is 4.98 Å². The number of benzene rings is 1. The van der Waals surface area contributed by atoms with E-state index in [1.54, 1.807) is 18.6 Å². The number of alkyl halides is 3. The molecule has 3 rings (SSSR count). The Hall–Kier alpha value is -1.86. The van der Waals surface area contributed by atoms with Crippen LogP contribution in [0.4, 0.5) is 13.2 Å². The summed E-state index contributed by atoms with van der Waals surface area (Å²) < 4.78 is 40.6. The van der Waals surface area contributed by atoms with Crippen LogP contribution in [0.3, 0.4) is 0 Å². The van der Waals surface area contributed by atoms with Gasteiger partial charge < -0.3 is 9.67 Å². The number of halogens is 3. The smallest absolute Gasteiger partial charge is 0.392 e. The van der Waals surface area contributed by atoms with Crippen molar-refractivity contribution in [2.75, 3.05) is 13.1 Å². The van der Waals surface area contributed by atoms with Gasteiger partial charge in [-0.3, -0.25) is 4.90 Å². The van der Waals surface area contributed by atoms with Gasteiger partial charge in [0.2, 0.25) is 0 Å². The Bertz CT molecular complexity index is 642. The van der Waals surface area contributed by atoms with E-state index >= 15 is 0 Å². The molecule has 0 radical (unpaired) electrons. The highest BCUT2D eigenvalue weighted by atomic mass is 19.4. The van der Waals surface area contributed by atoms with Crippen LogP contribution in [-0.2, 0) is 12.7 Å². The van der Waals surface area contributed by atoms with E-state index in [1.807, 2.05) is 15.7 Å². The molecule has 1 aliphatic rings. The van der Waals surface area contributed by atoms with Crippen LogP contribution in [0.15, 0.2) is 43.0 Å². The van der Waals surface area contributed by atoms with Gasteiger partial charge in [0.15, 0.2) is 0 Å². The topological polar surface area (TPSA) is 41.3 Å². The zero-order chi connectivity index (χ0) is 16.4. The molecule has 124 valence electrons. The number of rotatable bonds is 4. The quantitative estimate of drug-likeness (QED) is 0.940. The van der Waals surface area contributed by atoms with Gasteiger partial charge in [0.25, 0.3) is 0 Å². The van der Waals surface area contributed by atoms with Gasteiger partial charge in [-0.05, 0) is 24.1 Å². The monoisotopic (exact) mass is 325 g/mol. The second-order valence-electron chi connectivity index (χ2n) is 5.82. The molecule has 0 spiro atoms. The minimum Gasteiger partial charge on any atom is -0.392 e. The van der Waals surface area contributed by atoms with Crippen LogP contribution in [0.2, 0.25) is 0 Å². The van der Waals surface area contributed by atoms with Crippen LogP contribution in [0, 0.1) is 0 Å². The van der Waals surface area contributed by atoms with E-state index in [4.69, 9.17) is 0 Å². The number of hydrogen-bond acceptors (Lipinski definition) is 3. The first-order valence-electron chi connectivity index (χ1n) is 7.48. The maximum Gasteiger partial charge on any atom is 0.416 e. The van der Waals surface area contributed by atoms with Crippen molar-refractivity contribution >= 4 is 0 Å². The van der Waals surface area contributed by atoms with Gasteiger partial charge in [0.1, 0.15) is 0 Å². The van der Waals surface area contributed by atoms with Crippen molar-refractivity contribution in [3.05, 3.63) is 54.1 Å². The van der Waals surface area contributed by atoms with E-state index in [-0.39, 0.29) is 6.04 Å². The van der Waals surface area contributed by atoms with Crippen molar-refractivity contribution in [1.82, 2.24) is 14.5 Å². The molecule has 0 aliphatic carbocycles. The molecule has 0 saturated carbocycles. The average Bonchev–Trinajstić information content (AvgIpc) is 3.13. The van der Waals surface area contributed by atoms with Crippen molar-refractivity contribution in [2.45, 2.75) is 31.3 Å². The standard InChI is InChI=1S/C16H18F3N3O/c17-16(18,19)13-3-1-2-12(8-13)15-9-14(23)10-22(15)7-6-21-5-4-20-11-21/h1-5,8,11,14-15,23H,6-7,9-10H2/t14-,15+/m1/s1. The molecule has 2 heterocycles. The highest BCUT2D eigenvalue weighted by molar-refractivity contribution is 5.29. The average molecular weight is 325 g/mol. The molecular weight excluding hydrogens is 307 g/mol. The van der Waals surface area contributed by atoms with Gasteiger partial charge in [-0.15, -0.1) is 0 Å². The Morgan fingerprint density at radius 3 is 2.78 bits per heavy atom. The Labute approximate surface area is 132 Å². The predicted octanol–water partition coefficient (Wildman–Crippen LogP) is 2.71. The Morgan fingerprint density at radius 2 is 2.09 bits per heavy atom. The van der Waals surface area contributed by atoms with Gasteiger partial charge in [-0.2, -0.15) is 13.2 Å². The van der Waals surface area contributed by atoms with E-state index in [1.165, 1.54) is 12.1 Å². The first kappa shape index (κ1) is 16.0. The number of aliphatic hydroxyl groups is 1. The van der Waals surface area contributed by atoms with Gasteiger partial charge >= 0.3 is 6.18 Å². The third kappa shape index (κ3) is 3.73. The summed E-state index contributed by atoms with van der Waals surface area (Å²) in [5.74, 6) is 0. The Morgan fingerprint density at radius 1 is 1.26 bits per heavy atom. The van der Waals surface area contributed by atoms with E-state index in [9.17, 15) is 18.3 Å². The molecule has 1 fully saturated rings. The van der Waals surface area contributed by atoms with Crippen LogP contribution in [0.5, 0.6) is 0 Å². The fraction of sp³-hybridized carbons (Fsp3) is 0.438. The van der Waals surface area contributed by atoms with E-state index < -0.39 is 17.8 Å². The zero-order valence-corrected chi connectivity index (χ0v) is 12.4. The molecule has 0 amide bonds. The molecule has 7 heteroatoms. The molecule has 2 atom stereocenters. The number of aliphatic hydroxyl groups excluding tert-OH is 1. The summed E-state index contributed by atoms with van der Waals surface area (Å²) in [4.78, 5) is 6.00. The number of imidazole rings is 1. The minimum atomic E-state index is -4.35. The fourth-order valence-electron chi connectivity index (χ4n) is 3.06. The van der Waals surface area contributed by atoms with Crippen molar-refractivity contribution in [1.29, 1.82) is 0 Å². The third-order valence-corrected chi connectivity index (χ3v) is 4.18. The van der Waals surface area contributed by atoms with E-state index in [0.29, 0.717) is 31.6 Å². The molecule has 1 N–H and O–H groups in total. The molecule has 0 bridgehead atoms. The number of β-amino-alcohol motifs (C(OH)–C–C–N with tert-alkyl or cyclic N) is 1. The molecule has 2 aromatic rings. The highest BCUT2D eigenvalue weighted by Crippen LogP contribution is 2.36. The number of nitrogens with zero attached hydrogens (tertiary/aromatic N) is 3. The molecule has 1 saturated heterocycles. The highest BCUT2D eigenvalue weighted by Gasteiger charge is 2.34. The van der Waals surface area contributed by atoms with Crippen molar-refractivity contribution < 1.29 is 18.3 Å². The third-order valence-electron chi connectivity index (χ3n) is 4.18. The van der Waals surface area contributed by atoms with Crippen LogP contribution in [0.25, 0.3) is 0 Å². The van der Waals surface area contributed by atoms with Gasteiger partial charge in [0, 0.05) is 38.1 Å². The normalized spacial score (nSPS) is 22.6. The summed E-state index contributed by atoms with van der Waals surface area (Å²) in [5.41, 5.74) is -0.0482. The first-order valence-corrected chi connectivity index (χ1v) is 7.48. The molecule has 1 aromatic heterocycles. The van der Waals surface area contributed by atoms with Crippen LogP contribution >= 0.6 is 0 Å². The summed E-state index contributed by atoms with van der Waals surface area (Å²) in [6.45, 7) is 1.80. The van der Waals surface area contributed by atoms with E-state index in [0.717, 1.165) is 6.07 Å². The summed E-state index contributed by atoms with van der Waals surface area (Å²) in [6.07, 6.45) is 0.804. The SMILES string of the molecule is O[C@@H]1C[C@@H](c2cccc(C(F)(F)F)c2)N(CCn2ccnc2)C1. The molecule has 23 heavy (non-hydrogen) atoms. The largest absolute Gasteiger partial charge is 0.416 e. The number of hydrogen-bond donors (Lipinski definition) is 1. The number of likely N-dealkylation sites (tertiary alicyclic amines) is 1. The summed E-state index contributed by atoms with van der Waals surface area (Å²) >= 11 is 0. The van der Waals surface area contributed by atoms with Crippen molar-refractivity contribution in [3.8, 4) is 0 Å². The Balaban J connectivity index is 1.76. The lowest BCUT2D eigenvalue weighted by molar-refractivity contribution is -0.137. The number of aromatic nitrogens is 2. The summed E-state index contributed by atoms with van der Waals surface area (Å²) in [6, 6.07) is 5.19. The van der Waals surface area contributed by atoms with Crippen LogP contribution in [-0.4, -0.2) is 38.8 Å². The van der Waals surface area contributed by atoms with Gasteiger partial charge in [-0.1, -0.05) is 12.1 Å². The van der Waals surface area contributed by atoms with Gasteiger partial charge in [0.05, 0.1) is 18.0 Å². The molecule has 0 unspecified atom stereocenters. The lowest BCUT2D eigenvalue weighted by Gasteiger charge is -2.25. The lowest BCUT2D eigenvalue weighted by Crippen LogP contribution is -2.28. The summed E-state index contributed by atoms with van der Waals surface area (Å²) in [7, 11) is 0. The molecule has 1 aromatic carbocycles. The molecule has 4 nitrogen and oxygen atoms in total. The Kier molecular flexibility index (Phi) is 4.41. The zero-order valence-electron chi connectivity index (χ0n) is 12.4. The fourth-order valence-corrected chi connectivity index (χ4v) is 3.06. The molecule has 1 aliphatic heterocycles. The lowest BCUT2D eigenvalue weighted by atomic mass is 10.0. The second kappa shape index (κ2) is 6.33. The van der Waals surface area contributed by atoms with Crippen LogP contribution < -0.4 is 0 Å². The van der Waals surface area contributed by atoms with Crippen molar-refractivity contribution in [2.24, 2.45) is 0 Å². The molecular formula is C16H18F3N3O. The minimum absolute atomic E-state index is 0.198. The first-order chi connectivity index (χ1) is 10.9. The van der Waals surface area contributed by atoms with Crippen LogP contribution in [0.1, 0.15) is 23.6 Å². The van der Waals surface area contributed by atoms with Gasteiger partial charge in [-0.25, -0.2) is 4.98 Å². The van der Waals surface area contributed by atoms with Crippen molar-refractivity contribution in [3.63, 3.8) is 0 Å². The maximum absolute atomic E-state index is 12.9. The summed E-state index contributed by atoms with van der Waals surface area (Å²) in [5, 5.41) is 9.93.